The summed E-state index contributed by atoms with van der Waals surface area (Å²) < 4.78 is 10.6. The number of carboxylic acid groups (broad SMARTS) is 1. The van der Waals surface area contributed by atoms with Gasteiger partial charge in [0.1, 0.15) is 30.0 Å². The lowest BCUT2D eigenvalue weighted by Gasteiger charge is -2.43. The number of aliphatic carboxylic acids is 1. The average molecular weight is 393 g/mol. The van der Waals surface area contributed by atoms with E-state index in [1.54, 1.807) is 24.3 Å². The fraction of sp³-hybridized carbons (Fsp3) is 0.389. The molecule has 2 aliphatic heterocycles. The Bertz CT molecular complexity index is 802. The minimum atomic E-state index is -1.20. The SMILES string of the molecule is CC(=O)OCc1ccc(OCC2=C(C(=O)O)N3C(=O)[C@H]([C@@H](C)O)[C@H]3S2)cc1. The number of aliphatic hydroxyl groups excluding tert-OH is 1. The molecule has 0 radical (unpaired) electrons. The molecule has 9 heteroatoms. The number of carboxylic acids is 1. The molecule has 0 bridgehead atoms. The summed E-state index contributed by atoms with van der Waals surface area (Å²) >= 11 is 1.23. The van der Waals surface area contributed by atoms with Crippen LogP contribution in [0.2, 0.25) is 0 Å². The van der Waals surface area contributed by atoms with Crippen LogP contribution in [0, 0.1) is 5.92 Å². The quantitative estimate of drug-likeness (QED) is 0.527. The molecule has 3 rings (SSSR count). The summed E-state index contributed by atoms with van der Waals surface area (Å²) in [5, 5.41) is 18.8. The molecule has 144 valence electrons. The van der Waals surface area contributed by atoms with Crippen molar-refractivity contribution in [2.75, 3.05) is 6.61 Å². The Morgan fingerprint density at radius 3 is 2.48 bits per heavy atom. The van der Waals surface area contributed by atoms with E-state index in [9.17, 15) is 24.6 Å². The normalized spacial score (nSPS) is 22.2. The summed E-state index contributed by atoms with van der Waals surface area (Å²) in [4.78, 5) is 36.2. The van der Waals surface area contributed by atoms with E-state index < -0.39 is 23.4 Å². The van der Waals surface area contributed by atoms with E-state index in [1.165, 1.54) is 30.5 Å². The first-order valence-corrected chi connectivity index (χ1v) is 9.17. The van der Waals surface area contributed by atoms with Crippen molar-refractivity contribution >= 4 is 29.6 Å². The smallest absolute Gasteiger partial charge is 0.353 e. The topological polar surface area (TPSA) is 113 Å². The van der Waals surface area contributed by atoms with Gasteiger partial charge in [0.15, 0.2) is 0 Å². The van der Waals surface area contributed by atoms with Gasteiger partial charge in [-0.2, -0.15) is 0 Å². The number of aliphatic hydroxyl groups is 1. The highest BCUT2D eigenvalue weighted by Crippen LogP contribution is 2.50. The predicted molar refractivity (Wildman–Crippen MR) is 95.5 cm³/mol. The van der Waals surface area contributed by atoms with Crippen LogP contribution in [-0.4, -0.2) is 51.0 Å². The number of benzene rings is 1. The van der Waals surface area contributed by atoms with E-state index in [-0.39, 0.29) is 30.8 Å². The molecule has 1 aromatic rings. The molecule has 1 amide bonds. The molecule has 0 unspecified atom stereocenters. The molecule has 0 aliphatic carbocycles. The molecule has 8 nitrogen and oxygen atoms in total. The number of hydrogen-bond acceptors (Lipinski definition) is 7. The first-order chi connectivity index (χ1) is 12.8. The Hall–Kier alpha value is -2.52. The summed E-state index contributed by atoms with van der Waals surface area (Å²) in [6, 6.07) is 6.87. The third kappa shape index (κ3) is 3.79. The summed E-state index contributed by atoms with van der Waals surface area (Å²) in [5.74, 6) is -2.03. The number of fused-ring (bicyclic) bond motifs is 1. The van der Waals surface area contributed by atoms with Gasteiger partial charge in [0.05, 0.1) is 16.9 Å². The van der Waals surface area contributed by atoms with Crippen molar-refractivity contribution in [1.82, 2.24) is 4.90 Å². The lowest BCUT2D eigenvalue weighted by molar-refractivity contribution is -0.156. The van der Waals surface area contributed by atoms with Crippen molar-refractivity contribution in [2.45, 2.75) is 31.9 Å². The lowest BCUT2D eigenvalue weighted by atomic mass is 9.92. The minimum Gasteiger partial charge on any atom is -0.488 e. The van der Waals surface area contributed by atoms with Crippen molar-refractivity contribution in [3.63, 3.8) is 0 Å². The molecule has 2 aliphatic rings. The maximum atomic E-state index is 12.1. The fourth-order valence-electron chi connectivity index (χ4n) is 2.97. The Labute approximate surface area is 159 Å². The van der Waals surface area contributed by atoms with Crippen LogP contribution in [0.15, 0.2) is 34.9 Å². The molecule has 1 aromatic carbocycles. The van der Waals surface area contributed by atoms with Crippen LogP contribution >= 0.6 is 11.8 Å². The second-order valence-electron chi connectivity index (χ2n) is 6.27. The van der Waals surface area contributed by atoms with Gasteiger partial charge in [0.2, 0.25) is 5.91 Å². The van der Waals surface area contributed by atoms with Crippen LogP contribution in [-0.2, 0) is 25.7 Å². The highest BCUT2D eigenvalue weighted by molar-refractivity contribution is 8.04. The summed E-state index contributed by atoms with van der Waals surface area (Å²) in [7, 11) is 0. The lowest BCUT2D eigenvalue weighted by Crippen LogP contribution is -2.60. The van der Waals surface area contributed by atoms with Gasteiger partial charge in [-0.3, -0.25) is 14.5 Å². The number of β-lactam (4-membered cyclic amide) rings is 1. The Morgan fingerprint density at radius 2 is 1.93 bits per heavy atom. The van der Waals surface area contributed by atoms with E-state index >= 15 is 0 Å². The number of nitrogens with zero attached hydrogens (tertiary/aromatic N) is 1. The van der Waals surface area contributed by atoms with Crippen LogP contribution in [0.1, 0.15) is 19.4 Å². The van der Waals surface area contributed by atoms with Crippen LogP contribution < -0.4 is 4.74 Å². The number of rotatable bonds is 7. The predicted octanol–water partition coefficient (Wildman–Crippen LogP) is 1.34. The van der Waals surface area contributed by atoms with Crippen LogP contribution in [0.25, 0.3) is 0 Å². The molecule has 2 N–H and O–H groups in total. The number of thioether (sulfide) groups is 1. The number of ether oxygens (including phenoxy) is 2. The highest BCUT2D eigenvalue weighted by Gasteiger charge is 2.57. The molecular formula is C18H19NO7S. The first kappa shape index (κ1) is 19.2. The van der Waals surface area contributed by atoms with E-state index in [1.807, 2.05) is 0 Å². The standard InChI is InChI=1S/C18H19NO7S/c1-9(20)14-16(22)19-15(18(23)24)13(27-17(14)19)8-26-12-5-3-11(4-6-12)7-25-10(2)21/h3-6,9,14,17,20H,7-8H2,1-2H3,(H,23,24)/t9-,14+,17-/m1/s1. The zero-order chi connectivity index (χ0) is 19.7. The maximum absolute atomic E-state index is 12.1. The average Bonchev–Trinajstić information content (AvgIpc) is 2.93. The van der Waals surface area contributed by atoms with E-state index in [0.717, 1.165) is 5.56 Å². The van der Waals surface area contributed by atoms with Gasteiger partial charge in [-0.1, -0.05) is 23.9 Å². The Morgan fingerprint density at radius 1 is 1.26 bits per heavy atom. The minimum absolute atomic E-state index is 0.00238. The molecule has 27 heavy (non-hydrogen) atoms. The first-order valence-electron chi connectivity index (χ1n) is 8.29. The fourth-order valence-corrected chi connectivity index (χ4v) is 4.49. The summed E-state index contributed by atoms with van der Waals surface area (Å²) in [5.41, 5.74) is 0.714. The second kappa shape index (κ2) is 7.61. The number of hydrogen-bond donors (Lipinski definition) is 2. The van der Waals surface area contributed by atoms with Gasteiger partial charge in [-0.25, -0.2) is 4.79 Å². The van der Waals surface area contributed by atoms with Crippen LogP contribution in [0.5, 0.6) is 5.75 Å². The third-order valence-electron chi connectivity index (χ3n) is 4.31. The molecule has 1 fully saturated rings. The zero-order valence-corrected chi connectivity index (χ0v) is 15.6. The van der Waals surface area contributed by atoms with Crippen molar-refractivity contribution in [3.05, 3.63) is 40.4 Å². The Balaban J connectivity index is 1.66. The van der Waals surface area contributed by atoms with Crippen molar-refractivity contribution in [1.29, 1.82) is 0 Å². The zero-order valence-electron chi connectivity index (χ0n) is 14.7. The molecular weight excluding hydrogens is 374 g/mol. The van der Waals surface area contributed by atoms with Gasteiger partial charge >= 0.3 is 11.9 Å². The molecule has 0 saturated carbocycles. The summed E-state index contributed by atoms with van der Waals surface area (Å²) in [6.07, 6.45) is -0.841. The van der Waals surface area contributed by atoms with Gasteiger partial charge in [-0.05, 0) is 24.6 Å². The highest BCUT2D eigenvalue weighted by atomic mass is 32.2. The van der Waals surface area contributed by atoms with Crippen molar-refractivity contribution in [2.24, 2.45) is 5.92 Å². The van der Waals surface area contributed by atoms with Gasteiger partial charge in [0, 0.05) is 6.92 Å². The van der Waals surface area contributed by atoms with Gasteiger partial charge < -0.3 is 19.7 Å². The second-order valence-corrected chi connectivity index (χ2v) is 7.48. The van der Waals surface area contributed by atoms with Gasteiger partial charge in [0.25, 0.3) is 0 Å². The third-order valence-corrected chi connectivity index (χ3v) is 5.65. The summed E-state index contributed by atoms with van der Waals surface area (Å²) in [6.45, 7) is 3.02. The Kier molecular flexibility index (Phi) is 5.43. The monoisotopic (exact) mass is 393 g/mol. The molecule has 2 heterocycles. The molecule has 0 spiro atoms. The van der Waals surface area contributed by atoms with E-state index in [2.05, 4.69) is 0 Å². The largest absolute Gasteiger partial charge is 0.488 e. The maximum Gasteiger partial charge on any atom is 0.353 e. The van der Waals surface area contributed by atoms with E-state index in [4.69, 9.17) is 9.47 Å². The van der Waals surface area contributed by atoms with Crippen LogP contribution in [0.3, 0.4) is 0 Å². The van der Waals surface area contributed by atoms with Crippen LogP contribution in [0.4, 0.5) is 0 Å². The van der Waals surface area contributed by atoms with Gasteiger partial charge in [-0.15, -0.1) is 0 Å². The number of amides is 1. The number of carbonyl (C=O) groups is 3. The molecule has 1 saturated heterocycles. The van der Waals surface area contributed by atoms with Crippen molar-refractivity contribution in [3.8, 4) is 5.75 Å². The number of carbonyl (C=O) groups excluding carboxylic acids is 2. The molecule has 3 atom stereocenters. The number of esters is 1. The molecule has 0 aromatic heterocycles. The van der Waals surface area contributed by atoms with E-state index in [0.29, 0.717) is 10.7 Å². The van der Waals surface area contributed by atoms with Crippen molar-refractivity contribution < 1.29 is 34.1 Å².